The van der Waals surface area contributed by atoms with Crippen LogP contribution in [0, 0.1) is 0 Å². The van der Waals surface area contributed by atoms with Crippen LogP contribution >= 0.6 is 11.6 Å². The summed E-state index contributed by atoms with van der Waals surface area (Å²) in [5.41, 5.74) is 0. The van der Waals surface area contributed by atoms with Crippen LogP contribution in [0.2, 0.25) is 0 Å². The van der Waals surface area contributed by atoms with Crippen molar-refractivity contribution in [1.29, 1.82) is 0 Å². The van der Waals surface area contributed by atoms with Crippen molar-refractivity contribution in [3.8, 4) is 0 Å². The molecule has 0 aliphatic rings. The molecule has 0 atom stereocenters. The Morgan fingerprint density at radius 2 is 1.91 bits per heavy atom. The standard InChI is InChI=1S/C8H17ClFN/c1-11(8-6-10)7-4-2-3-5-9/h2-8H2,1H3. The van der Waals surface area contributed by atoms with Crippen LogP contribution < -0.4 is 0 Å². The minimum atomic E-state index is -0.244. The van der Waals surface area contributed by atoms with Crippen LogP contribution in [0.4, 0.5) is 4.39 Å². The summed E-state index contributed by atoms with van der Waals surface area (Å²) in [5, 5.41) is 0. The van der Waals surface area contributed by atoms with Gasteiger partial charge in [0.15, 0.2) is 0 Å². The molecule has 3 heteroatoms. The SMILES string of the molecule is CN(CCF)CCCCCCl. The molecular formula is C8H17ClFN. The summed E-state index contributed by atoms with van der Waals surface area (Å²) >= 11 is 5.50. The number of unbranched alkanes of at least 4 members (excludes halogenated alkanes) is 2. The Labute approximate surface area is 73.5 Å². The lowest BCUT2D eigenvalue weighted by Gasteiger charge is -2.13. The minimum absolute atomic E-state index is 0.244. The van der Waals surface area contributed by atoms with Gasteiger partial charge in [-0.3, -0.25) is 0 Å². The number of nitrogens with zero attached hydrogens (tertiary/aromatic N) is 1. The van der Waals surface area contributed by atoms with Crippen LogP contribution in [0.5, 0.6) is 0 Å². The molecule has 0 amide bonds. The van der Waals surface area contributed by atoms with E-state index >= 15 is 0 Å². The van der Waals surface area contributed by atoms with Gasteiger partial charge in [0.2, 0.25) is 0 Å². The molecule has 0 rings (SSSR count). The molecule has 0 aliphatic heterocycles. The molecule has 1 nitrogen and oxygen atoms in total. The van der Waals surface area contributed by atoms with Gasteiger partial charge in [0.25, 0.3) is 0 Å². The van der Waals surface area contributed by atoms with E-state index in [-0.39, 0.29) is 6.67 Å². The molecule has 0 saturated carbocycles. The quantitative estimate of drug-likeness (QED) is 0.431. The van der Waals surface area contributed by atoms with Gasteiger partial charge in [-0.25, -0.2) is 4.39 Å². The molecule has 11 heavy (non-hydrogen) atoms. The fourth-order valence-electron chi connectivity index (χ4n) is 0.909. The number of hydrogen-bond acceptors (Lipinski definition) is 1. The van der Waals surface area contributed by atoms with Gasteiger partial charge in [-0.05, 0) is 26.4 Å². The molecule has 0 aliphatic carbocycles. The molecule has 0 aromatic carbocycles. The minimum Gasteiger partial charge on any atom is -0.304 e. The number of rotatable bonds is 7. The molecule has 68 valence electrons. The van der Waals surface area contributed by atoms with Crippen molar-refractivity contribution in [2.45, 2.75) is 19.3 Å². The molecule has 0 aromatic heterocycles. The topological polar surface area (TPSA) is 3.24 Å². The first-order chi connectivity index (χ1) is 5.31. The smallest absolute Gasteiger partial charge is 0.102 e. The van der Waals surface area contributed by atoms with Crippen molar-refractivity contribution >= 4 is 11.6 Å². The van der Waals surface area contributed by atoms with E-state index in [0.717, 1.165) is 31.7 Å². The van der Waals surface area contributed by atoms with Gasteiger partial charge in [-0.2, -0.15) is 0 Å². The zero-order valence-electron chi connectivity index (χ0n) is 7.15. The van der Waals surface area contributed by atoms with E-state index in [1.54, 1.807) is 0 Å². The molecule has 0 heterocycles. The van der Waals surface area contributed by atoms with Gasteiger partial charge in [-0.15, -0.1) is 11.6 Å². The van der Waals surface area contributed by atoms with Crippen LogP contribution in [0.1, 0.15) is 19.3 Å². The highest BCUT2D eigenvalue weighted by molar-refractivity contribution is 6.17. The Hall–Kier alpha value is 0.180. The third-order valence-electron chi connectivity index (χ3n) is 1.64. The molecule has 0 bridgehead atoms. The normalized spacial score (nSPS) is 10.9. The van der Waals surface area contributed by atoms with Crippen molar-refractivity contribution in [3.05, 3.63) is 0 Å². The largest absolute Gasteiger partial charge is 0.304 e. The highest BCUT2D eigenvalue weighted by Crippen LogP contribution is 1.98. The lowest BCUT2D eigenvalue weighted by molar-refractivity contribution is 0.289. The zero-order chi connectivity index (χ0) is 8.53. The van der Waals surface area contributed by atoms with Crippen molar-refractivity contribution in [2.24, 2.45) is 0 Å². The second-order valence-electron chi connectivity index (χ2n) is 2.74. The average Bonchev–Trinajstić information content (AvgIpc) is 1.99. The molecule has 0 saturated heterocycles. The highest BCUT2D eigenvalue weighted by atomic mass is 35.5. The fraction of sp³-hybridized carbons (Fsp3) is 1.00. The number of alkyl halides is 2. The molecule has 0 spiro atoms. The molecule has 0 N–H and O–H groups in total. The van der Waals surface area contributed by atoms with Gasteiger partial charge in [0.1, 0.15) is 6.67 Å². The average molecular weight is 182 g/mol. The van der Waals surface area contributed by atoms with E-state index in [2.05, 4.69) is 0 Å². The number of hydrogen-bond donors (Lipinski definition) is 0. The maximum atomic E-state index is 11.8. The maximum Gasteiger partial charge on any atom is 0.102 e. The van der Waals surface area contributed by atoms with Crippen molar-refractivity contribution in [2.75, 3.05) is 32.7 Å². The first kappa shape index (κ1) is 11.2. The summed E-state index contributed by atoms with van der Waals surface area (Å²) in [4.78, 5) is 2.01. The summed E-state index contributed by atoms with van der Waals surface area (Å²) < 4.78 is 11.8. The molecular weight excluding hydrogens is 165 g/mol. The lowest BCUT2D eigenvalue weighted by Crippen LogP contribution is -2.21. The first-order valence-corrected chi connectivity index (χ1v) is 4.65. The van der Waals surface area contributed by atoms with E-state index in [9.17, 15) is 4.39 Å². The van der Waals surface area contributed by atoms with E-state index in [4.69, 9.17) is 11.6 Å². The van der Waals surface area contributed by atoms with Crippen LogP contribution in [0.3, 0.4) is 0 Å². The van der Waals surface area contributed by atoms with Gasteiger partial charge in [0.05, 0.1) is 0 Å². The second kappa shape index (κ2) is 8.28. The number of halogens is 2. The lowest BCUT2D eigenvalue weighted by atomic mass is 10.2. The van der Waals surface area contributed by atoms with Gasteiger partial charge in [0, 0.05) is 12.4 Å². The third-order valence-corrected chi connectivity index (χ3v) is 1.91. The van der Waals surface area contributed by atoms with E-state index in [0.29, 0.717) is 6.54 Å². The van der Waals surface area contributed by atoms with E-state index < -0.39 is 0 Å². The Morgan fingerprint density at radius 3 is 2.45 bits per heavy atom. The van der Waals surface area contributed by atoms with E-state index in [1.165, 1.54) is 0 Å². The predicted octanol–water partition coefficient (Wildman–Crippen LogP) is 2.30. The van der Waals surface area contributed by atoms with Gasteiger partial charge < -0.3 is 4.90 Å². The first-order valence-electron chi connectivity index (χ1n) is 4.11. The second-order valence-corrected chi connectivity index (χ2v) is 3.12. The van der Waals surface area contributed by atoms with Gasteiger partial charge in [-0.1, -0.05) is 6.42 Å². The predicted molar refractivity (Wildman–Crippen MR) is 48.0 cm³/mol. The Kier molecular flexibility index (Phi) is 8.41. The van der Waals surface area contributed by atoms with Crippen molar-refractivity contribution in [1.82, 2.24) is 4.90 Å². The summed E-state index contributed by atoms with van der Waals surface area (Å²) in [5.74, 6) is 0.743. The summed E-state index contributed by atoms with van der Waals surface area (Å²) in [6, 6.07) is 0. The highest BCUT2D eigenvalue weighted by Gasteiger charge is 1.95. The van der Waals surface area contributed by atoms with Gasteiger partial charge >= 0.3 is 0 Å². The summed E-state index contributed by atoms with van der Waals surface area (Å²) in [7, 11) is 1.94. The van der Waals surface area contributed by atoms with Crippen molar-refractivity contribution in [3.63, 3.8) is 0 Å². The third kappa shape index (κ3) is 8.08. The van der Waals surface area contributed by atoms with E-state index in [1.807, 2.05) is 11.9 Å². The molecule has 0 unspecified atom stereocenters. The Bertz CT molecular complexity index is 80.5. The Balaban J connectivity index is 2.97. The van der Waals surface area contributed by atoms with Crippen LogP contribution in [-0.2, 0) is 0 Å². The van der Waals surface area contributed by atoms with Crippen LogP contribution in [-0.4, -0.2) is 37.6 Å². The Morgan fingerprint density at radius 1 is 1.18 bits per heavy atom. The van der Waals surface area contributed by atoms with Crippen LogP contribution in [0.25, 0.3) is 0 Å². The molecule has 0 aromatic rings. The zero-order valence-corrected chi connectivity index (χ0v) is 7.91. The summed E-state index contributed by atoms with van der Waals surface area (Å²) in [6.07, 6.45) is 3.36. The fourth-order valence-corrected chi connectivity index (χ4v) is 1.10. The molecule has 0 radical (unpaired) electrons. The van der Waals surface area contributed by atoms with Crippen LogP contribution in [0.15, 0.2) is 0 Å². The summed E-state index contributed by atoms with van der Waals surface area (Å²) in [6.45, 7) is 1.30. The maximum absolute atomic E-state index is 11.8. The van der Waals surface area contributed by atoms with Crippen molar-refractivity contribution < 1.29 is 4.39 Å². The molecule has 0 fully saturated rings. The monoisotopic (exact) mass is 181 g/mol.